The third kappa shape index (κ3) is 4.69. The molecule has 0 atom stereocenters. The maximum Gasteiger partial charge on any atom is 0.303 e. The van der Waals surface area contributed by atoms with Crippen molar-refractivity contribution in [3.05, 3.63) is 33.4 Å². The van der Waals surface area contributed by atoms with Gasteiger partial charge in [0.05, 0.1) is 6.42 Å². The number of aliphatic carboxylic acids is 1. The molecule has 0 bridgehead atoms. The van der Waals surface area contributed by atoms with Crippen molar-refractivity contribution < 1.29 is 14.7 Å². The predicted octanol–water partition coefficient (Wildman–Crippen LogP) is 3.45. The van der Waals surface area contributed by atoms with E-state index in [1.54, 1.807) is 12.1 Å². The van der Waals surface area contributed by atoms with Gasteiger partial charge in [-0.25, -0.2) is 0 Å². The van der Waals surface area contributed by atoms with Gasteiger partial charge in [-0.2, -0.15) is 0 Å². The van der Waals surface area contributed by atoms with Gasteiger partial charge in [0.1, 0.15) is 0 Å². The molecule has 21 heavy (non-hydrogen) atoms. The van der Waals surface area contributed by atoms with Crippen molar-refractivity contribution in [3.8, 4) is 0 Å². The van der Waals surface area contributed by atoms with Crippen molar-refractivity contribution in [2.45, 2.75) is 38.5 Å². The maximum atomic E-state index is 12.2. The minimum absolute atomic E-state index is 0.123. The van der Waals surface area contributed by atoms with Crippen LogP contribution in [0.1, 0.15) is 48.9 Å². The molecular formula is C16H20INO3. The van der Waals surface area contributed by atoms with E-state index >= 15 is 0 Å². The number of halogens is 1. The second-order valence-electron chi connectivity index (χ2n) is 5.82. The number of amides is 1. The quantitative estimate of drug-likeness (QED) is 0.743. The number of rotatable bonds is 5. The second-order valence-corrected chi connectivity index (χ2v) is 7.07. The summed E-state index contributed by atoms with van der Waals surface area (Å²) in [5.74, 6) is -0.901. The van der Waals surface area contributed by atoms with E-state index in [9.17, 15) is 9.59 Å². The number of carboxylic acids is 1. The average Bonchev–Trinajstić information content (AvgIpc) is 2.46. The molecule has 114 valence electrons. The van der Waals surface area contributed by atoms with Crippen molar-refractivity contribution in [1.82, 2.24) is 5.32 Å². The van der Waals surface area contributed by atoms with Crippen LogP contribution in [0.15, 0.2) is 24.3 Å². The minimum atomic E-state index is -0.777. The zero-order chi connectivity index (χ0) is 15.3. The fourth-order valence-electron chi connectivity index (χ4n) is 3.01. The van der Waals surface area contributed by atoms with E-state index in [0.717, 1.165) is 35.7 Å². The standard InChI is InChI=1S/C16H20INO3/c17-13-6-4-12(5-7-13)15(21)18-11-16(10-14(19)20)8-2-1-3-9-16/h4-7H,1-3,8-11H2,(H,18,21)(H,19,20). The lowest BCUT2D eigenvalue weighted by Crippen LogP contribution is -2.40. The van der Waals surface area contributed by atoms with Crippen LogP contribution in [0, 0.1) is 8.99 Å². The van der Waals surface area contributed by atoms with Crippen LogP contribution in [-0.2, 0) is 4.79 Å². The average molecular weight is 401 g/mol. The number of nitrogens with one attached hydrogen (secondary N) is 1. The fourth-order valence-corrected chi connectivity index (χ4v) is 3.37. The van der Waals surface area contributed by atoms with Gasteiger partial charge in [-0.3, -0.25) is 9.59 Å². The van der Waals surface area contributed by atoms with E-state index in [2.05, 4.69) is 27.9 Å². The van der Waals surface area contributed by atoms with Crippen LogP contribution >= 0.6 is 22.6 Å². The van der Waals surface area contributed by atoms with Gasteiger partial charge in [0, 0.05) is 15.7 Å². The molecule has 1 aromatic rings. The van der Waals surface area contributed by atoms with Gasteiger partial charge in [0.15, 0.2) is 0 Å². The smallest absolute Gasteiger partial charge is 0.303 e. The Morgan fingerprint density at radius 3 is 2.33 bits per heavy atom. The molecule has 1 saturated carbocycles. The summed E-state index contributed by atoms with van der Waals surface area (Å²) in [7, 11) is 0. The normalized spacial score (nSPS) is 17.2. The molecule has 4 nitrogen and oxygen atoms in total. The summed E-state index contributed by atoms with van der Waals surface area (Å²) in [6.07, 6.45) is 5.16. The zero-order valence-electron chi connectivity index (χ0n) is 11.9. The number of carbonyl (C=O) groups excluding carboxylic acids is 1. The summed E-state index contributed by atoms with van der Waals surface area (Å²) in [6, 6.07) is 7.37. The molecular weight excluding hydrogens is 381 g/mol. The molecule has 1 aliphatic rings. The predicted molar refractivity (Wildman–Crippen MR) is 89.3 cm³/mol. The van der Waals surface area contributed by atoms with Crippen molar-refractivity contribution >= 4 is 34.5 Å². The topological polar surface area (TPSA) is 66.4 Å². The van der Waals surface area contributed by atoms with Crippen molar-refractivity contribution in [2.24, 2.45) is 5.41 Å². The van der Waals surface area contributed by atoms with Crippen LogP contribution in [0.25, 0.3) is 0 Å². The van der Waals surface area contributed by atoms with E-state index in [4.69, 9.17) is 5.11 Å². The van der Waals surface area contributed by atoms with Crippen LogP contribution in [0.5, 0.6) is 0 Å². The van der Waals surface area contributed by atoms with Crippen LogP contribution in [0.3, 0.4) is 0 Å². The Kier molecular flexibility index (Phi) is 5.61. The van der Waals surface area contributed by atoms with Crippen LogP contribution in [0.4, 0.5) is 0 Å². The first-order valence-corrected chi connectivity index (χ1v) is 8.34. The highest BCUT2D eigenvalue weighted by Gasteiger charge is 2.34. The fraction of sp³-hybridized carbons (Fsp3) is 0.500. The van der Waals surface area contributed by atoms with Gasteiger partial charge in [-0.15, -0.1) is 0 Å². The minimum Gasteiger partial charge on any atom is -0.481 e. The summed E-state index contributed by atoms with van der Waals surface area (Å²) < 4.78 is 1.08. The van der Waals surface area contributed by atoms with Gasteiger partial charge in [-0.1, -0.05) is 19.3 Å². The van der Waals surface area contributed by atoms with Gasteiger partial charge < -0.3 is 10.4 Å². The van der Waals surface area contributed by atoms with Gasteiger partial charge in [0.25, 0.3) is 5.91 Å². The second kappa shape index (κ2) is 7.24. The summed E-state index contributed by atoms with van der Waals surface area (Å²) in [5.41, 5.74) is 0.347. The molecule has 1 aliphatic carbocycles. The van der Waals surface area contributed by atoms with E-state index in [1.807, 2.05) is 12.1 Å². The van der Waals surface area contributed by atoms with E-state index < -0.39 is 5.97 Å². The highest BCUT2D eigenvalue weighted by Crippen LogP contribution is 2.38. The summed E-state index contributed by atoms with van der Waals surface area (Å²) in [4.78, 5) is 23.3. The molecule has 1 fully saturated rings. The van der Waals surface area contributed by atoms with Crippen LogP contribution in [-0.4, -0.2) is 23.5 Å². The summed E-state index contributed by atoms with van der Waals surface area (Å²) in [5, 5.41) is 12.1. The molecule has 2 rings (SSSR count). The third-order valence-electron chi connectivity index (χ3n) is 4.17. The molecule has 0 heterocycles. The SMILES string of the molecule is O=C(O)CC1(CNC(=O)c2ccc(I)cc2)CCCCC1. The number of carbonyl (C=O) groups is 2. The van der Waals surface area contributed by atoms with Crippen LogP contribution in [0.2, 0.25) is 0 Å². The number of carboxylic acid groups (broad SMARTS) is 1. The number of hydrogen-bond acceptors (Lipinski definition) is 2. The molecule has 0 saturated heterocycles. The molecule has 0 spiro atoms. The highest BCUT2D eigenvalue weighted by atomic mass is 127. The van der Waals surface area contributed by atoms with Gasteiger partial charge >= 0.3 is 5.97 Å². The van der Waals surface area contributed by atoms with E-state index in [0.29, 0.717) is 12.1 Å². The van der Waals surface area contributed by atoms with Crippen molar-refractivity contribution in [2.75, 3.05) is 6.54 Å². The van der Waals surface area contributed by atoms with E-state index in [1.165, 1.54) is 0 Å². The van der Waals surface area contributed by atoms with E-state index in [-0.39, 0.29) is 17.7 Å². The first kappa shape index (κ1) is 16.3. The van der Waals surface area contributed by atoms with Gasteiger partial charge in [0.2, 0.25) is 0 Å². The first-order valence-electron chi connectivity index (χ1n) is 7.26. The molecule has 1 amide bonds. The Balaban J connectivity index is 1.99. The Labute approximate surface area is 138 Å². The van der Waals surface area contributed by atoms with Crippen LogP contribution < -0.4 is 5.32 Å². The summed E-state index contributed by atoms with van der Waals surface area (Å²) in [6.45, 7) is 0.449. The lowest BCUT2D eigenvalue weighted by molar-refractivity contribution is -0.140. The zero-order valence-corrected chi connectivity index (χ0v) is 14.1. The Bertz CT molecular complexity index is 507. The van der Waals surface area contributed by atoms with Crippen molar-refractivity contribution in [3.63, 3.8) is 0 Å². The Hall–Kier alpha value is -1.11. The molecule has 0 radical (unpaired) electrons. The van der Waals surface area contributed by atoms with Crippen molar-refractivity contribution in [1.29, 1.82) is 0 Å². The molecule has 0 unspecified atom stereocenters. The van der Waals surface area contributed by atoms with Gasteiger partial charge in [-0.05, 0) is 65.1 Å². The lowest BCUT2D eigenvalue weighted by Gasteiger charge is -2.36. The lowest BCUT2D eigenvalue weighted by atomic mass is 9.71. The number of hydrogen-bond donors (Lipinski definition) is 2. The Morgan fingerprint density at radius 2 is 1.76 bits per heavy atom. The first-order chi connectivity index (χ1) is 10.0. The highest BCUT2D eigenvalue weighted by molar-refractivity contribution is 14.1. The molecule has 2 N–H and O–H groups in total. The molecule has 5 heteroatoms. The largest absolute Gasteiger partial charge is 0.481 e. The third-order valence-corrected chi connectivity index (χ3v) is 4.89. The monoisotopic (exact) mass is 401 g/mol. The Morgan fingerprint density at radius 1 is 1.14 bits per heavy atom. The molecule has 0 aliphatic heterocycles. The molecule has 1 aromatic carbocycles. The summed E-state index contributed by atoms with van der Waals surface area (Å²) >= 11 is 2.19. The molecule has 0 aromatic heterocycles. The number of benzene rings is 1. The maximum absolute atomic E-state index is 12.2.